The van der Waals surface area contributed by atoms with Crippen LogP contribution in [0.15, 0.2) is 30.1 Å². The van der Waals surface area contributed by atoms with Crippen molar-refractivity contribution in [2.75, 3.05) is 13.2 Å². The minimum atomic E-state index is -2.34. The van der Waals surface area contributed by atoms with Gasteiger partial charge in [-0.3, -0.25) is 8.51 Å². The maximum atomic E-state index is 10.7. The maximum absolute atomic E-state index is 10.7. The molecule has 0 radical (unpaired) electrons. The molecule has 0 aliphatic carbocycles. The molecular formula is C7H9N2O3S-. The fourth-order valence-electron chi connectivity index (χ4n) is 0.929. The van der Waals surface area contributed by atoms with E-state index in [1.165, 1.54) is 6.20 Å². The Bertz CT molecular complexity index is 287. The van der Waals surface area contributed by atoms with Crippen LogP contribution in [0.25, 0.3) is 0 Å². The molecule has 0 N–H and O–H groups in total. The first kappa shape index (κ1) is 9.94. The predicted molar refractivity (Wildman–Crippen MR) is 48.3 cm³/mol. The highest BCUT2D eigenvalue weighted by molar-refractivity contribution is 7.77. The van der Waals surface area contributed by atoms with Gasteiger partial charge in [0.25, 0.3) is 0 Å². The fraction of sp³-hybridized carbons (Fsp3) is 0.286. The Morgan fingerprint density at radius 1 is 1.77 bits per heavy atom. The van der Waals surface area contributed by atoms with Crippen molar-refractivity contribution >= 4 is 17.1 Å². The van der Waals surface area contributed by atoms with Gasteiger partial charge in [-0.1, -0.05) is 13.2 Å². The highest BCUT2D eigenvalue weighted by Crippen LogP contribution is 2.11. The summed E-state index contributed by atoms with van der Waals surface area (Å²) in [6.07, 6.45) is 1.25. The van der Waals surface area contributed by atoms with E-state index in [0.29, 0.717) is 6.61 Å². The third-order valence-electron chi connectivity index (χ3n) is 1.45. The van der Waals surface area contributed by atoms with Gasteiger partial charge in [0.15, 0.2) is 11.6 Å². The van der Waals surface area contributed by atoms with Gasteiger partial charge < -0.3 is 9.29 Å². The number of aliphatic imine (C=N–C) groups is 1. The van der Waals surface area contributed by atoms with E-state index < -0.39 is 11.3 Å². The molecule has 5 nitrogen and oxygen atoms in total. The van der Waals surface area contributed by atoms with E-state index in [0.717, 1.165) is 4.31 Å². The molecular weight excluding hydrogens is 192 g/mol. The molecule has 1 saturated heterocycles. The predicted octanol–water partition coefficient (Wildman–Crippen LogP) is 0.168. The quantitative estimate of drug-likeness (QED) is 0.598. The summed E-state index contributed by atoms with van der Waals surface area (Å²) in [4.78, 5) is 3.76. The van der Waals surface area contributed by atoms with Crippen molar-refractivity contribution < 1.29 is 13.5 Å². The van der Waals surface area contributed by atoms with Crippen molar-refractivity contribution in [3.8, 4) is 0 Å². The largest absolute Gasteiger partial charge is 0.755 e. The number of amidine groups is 1. The molecule has 0 amide bonds. The minimum Gasteiger partial charge on any atom is -0.755 e. The summed E-state index contributed by atoms with van der Waals surface area (Å²) in [5, 5.41) is 0. The minimum absolute atomic E-state index is 0.189. The number of ether oxygens (including phenoxy) is 1. The summed E-state index contributed by atoms with van der Waals surface area (Å²) in [5.41, 5.74) is 0. The van der Waals surface area contributed by atoms with Crippen LogP contribution in [0.1, 0.15) is 0 Å². The summed E-state index contributed by atoms with van der Waals surface area (Å²) in [6.45, 7) is 7.45. The van der Waals surface area contributed by atoms with E-state index in [-0.39, 0.29) is 18.1 Å². The number of rotatable bonds is 2. The lowest BCUT2D eigenvalue weighted by molar-refractivity contribution is 0.196. The molecule has 1 aliphatic rings. The van der Waals surface area contributed by atoms with Crippen molar-refractivity contribution in [2.24, 2.45) is 4.99 Å². The normalized spacial score (nSPS) is 22.7. The second kappa shape index (κ2) is 4.20. The van der Waals surface area contributed by atoms with E-state index in [9.17, 15) is 8.76 Å². The van der Waals surface area contributed by atoms with E-state index in [1.807, 2.05) is 0 Å². The van der Waals surface area contributed by atoms with E-state index in [1.54, 1.807) is 0 Å². The first-order chi connectivity index (χ1) is 6.16. The van der Waals surface area contributed by atoms with Gasteiger partial charge in [-0.2, -0.15) is 0 Å². The highest BCUT2D eigenvalue weighted by Gasteiger charge is 2.21. The molecule has 72 valence electrons. The average Bonchev–Trinajstić information content (AvgIpc) is 2.08. The molecule has 0 aromatic heterocycles. The molecule has 1 unspecified atom stereocenters. The SMILES string of the molecule is C=CN=C1C(=C)OCCN1S(=O)[O-]. The zero-order valence-corrected chi connectivity index (χ0v) is 7.75. The first-order valence-corrected chi connectivity index (χ1v) is 4.57. The number of morpholine rings is 1. The molecule has 6 heteroatoms. The summed E-state index contributed by atoms with van der Waals surface area (Å²) < 4.78 is 27.5. The lowest BCUT2D eigenvalue weighted by Crippen LogP contribution is -2.41. The van der Waals surface area contributed by atoms with Crippen LogP contribution in [0.5, 0.6) is 0 Å². The summed E-state index contributed by atoms with van der Waals surface area (Å²) in [5.74, 6) is 0.435. The smallest absolute Gasteiger partial charge is 0.181 e. The third-order valence-corrected chi connectivity index (χ3v) is 2.17. The Labute approximate surface area is 78.8 Å². The van der Waals surface area contributed by atoms with E-state index >= 15 is 0 Å². The van der Waals surface area contributed by atoms with Crippen LogP contribution in [0.4, 0.5) is 0 Å². The van der Waals surface area contributed by atoms with E-state index in [2.05, 4.69) is 18.2 Å². The zero-order valence-electron chi connectivity index (χ0n) is 6.93. The number of hydrogen-bond acceptors (Lipinski definition) is 4. The van der Waals surface area contributed by atoms with Gasteiger partial charge >= 0.3 is 0 Å². The standard InChI is InChI=1S/C7H10N2O3S/c1-3-8-7-6(2)12-5-4-9(7)13(10)11/h3H,1-2,4-5H2,(H,10,11)/p-1. The van der Waals surface area contributed by atoms with Crippen LogP contribution >= 0.6 is 0 Å². The summed E-state index contributed by atoms with van der Waals surface area (Å²) in [7, 11) is 0. The molecule has 0 saturated carbocycles. The van der Waals surface area contributed by atoms with Gasteiger partial charge in [-0.25, -0.2) is 4.99 Å². The molecule has 1 heterocycles. The molecule has 0 aromatic carbocycles. The monoisotopic (exact) mass is 201 g/mol. The van der Waals surface area contributed by atoms with Gasteiger partial charge in [0, 0.05) is 17.5 Å². The molecule has 1 atom stereocenters. The third kappa shape index (κ3) is 2.16. The van der Waals surface area contributed by atoms with Crippen molar-refractivity contribution in [3.05, 3.63) is 25.1 Å². The van der Waals surface area contributed by atoms with Crippen molar-refractivity contribution in [1.82, 2.24) is 4.31 Å². The lowest BCUT2D eigenvalue weighted by atomic mass is 10.4. The highest BCUT2D eigenvalue weighted by atomic mass is 32.2. The molecule has 0 bridgehead atoms. The second-order valence-corrected chi connectivity index (χ2v) is 3.10. The summed E-state index contributed by atoms with van der Waals surface area (Å²) in [6, 6.07) is 0. The fourth-order valence-corrected chi connectivity index (χ4v) is 1.44. The Kier molecular flexibility index (Phi) is 3.21. The van der Waals surface area contributed by atoms with Crippen molar-refractivity contribution in [1.29, 1.82) is 0 Å². The molecule has 0 aromatic rings. The number of hydrogen-bond donors (Lipinski definition) is 0. The van der Waals surface area contributed by atoms with Crippen LogP contribution < -0.4 is 0 Å². The maximum Gasteiger partial charge on any atom is 0.181 e. The summed E-state index contributed by atoms with van der Waals surface area (Å²) >= 11 is -2.34. The average molecular weight is 201 g/mol. The van der Waals surface area contributed by atoms with Crippen LogP contribution in [-0.2, 0) is 16.0 Å². The Morgan fingerprint density at radius 3 is 3.00 bits per heavy atom. The van der Waals surface area contributed by atoms with Crippen LogP contribution in [0.3, 0.4) is 0 Å². The van der Waals surface area contributed by atoms with Gasteiger partial charge in [0.05, 0.1) is 6.54 Å². The first-order valence-electron chi connectivity index (χ1n) is 3.54. The van der Waals surface area contributed by atoms with Crippen LogP contribution in [0, 0.1) is 0 Å². The molecule has 1 fully saturated rings. The number of nitrogens with zero attached hydrogens (tertiary/aromatic N) is 2. The van der Waals surface area contributed by atoms with E-state index in [4.69, 9.17) is 4.74 Å². The van der Waals surface area contributed by atoms with Crippen LogP contribution in [0.2, 0.25) is 0 Å². The molecule has 0 spiro atoms. The van der Waals surface area contributed by atoms with Gasteiger partial charge in [-0.15, -0.1) is 0 Å². The molecule has 13 heavy (non-hydrogen) atoms. The van der Waals surface area contributed by atoms with Crippen molar-refractivity contribution in [2.45, 2.75) is 0 Å². The Balaban J connectivity index is 2.93. The topological polar surface area (TPSA) is 65.0 Å². The van der Waals surface area contributed by atoms with Crippen LogP contribution in [-0.4, -0.2) is 32.1 Å². The lowest BCUT2D eigenvalue weighted by Gasteiger charge is -2.31. The van der Waals surface area contributed by atoms with Gasteiger partial charge in [0.1, 0.15) is 6.61 Å². The molecule has 1 aliphatic heterocycles. The molecule has 1 rings (SSSR count). The zero-order chi connectivity index (χ0) is 9.84. The van der Waals surface area contributed by atoms with Crippen molar-refractivity contribution in [3.63, 3.8) is 0 Å². The Hall–Kier alpha value is -1.14. The van der Waals surface area contributed by atoms with Gasteiger partial charge in [0.2, 0.25) is 0 Å². The second-order valence-electron chi connectivity index (χ2n) is 2.23. The van der Waals surface area contributed by atoms with Gasteiger partial charge in [-0.05, 0) is 0 Å². The Morgan fingerprint density at radius 2 is 2.46 bits per heavy atom.